The lowest BCUT2D eigenvalue weighted by molar-refractivity contribution is -0.117. The summed E-state index contributed by atoms with van der Waals surface area (Å²) < 4.78 is 1.15. The topological polar surface area (TPSA) is 29.1 Å². The van der Waals surface area contributed by atoms with E-state index in [0.717, 1.165) is 9.26 Å². The van der Waals surface area contributed by atoms with E-state index >= 15 is 0 Å². The van der Waals surface area contributed by atoms with Crippen molar-refractivity contribution in [2.75, 3.05) is 5.32 Å². The van der Waals surface area contributed by atoms with Crippen LogP contribution in [0, 0.1) is 9.49 Å². The van der Waals surface area contributed by atoms with Crippen LogP contribution < -0.4 is 5.32 Å². The highest BCUT2D eigenvalue weighted by Crippen LogP contribution is 2.25. The zero-order valence-corrected chi connectivity index (χ0v) is 12.8. The van der Waals surface area contributed by atoms with Crippen molar-refractivity contribution >= 4 is 34.2 Å². The zero-order chi connectivity index (χ0) is 12.8. The summed E-state index contributed by atoms with van der Waals surface area (Å²) in [4.78, 5) is 12.0. The molecular weight excluding hydrogens is 337 g/mol. The van der Waals surface area contributed by atoms with Crippen molar-refractivity contribution in [2.24, 2.45) is 5.92 Å². The number of carbonyl (C=O) groups is 1. The van der Waals surface area contributed by atoms with Gasteiger partial charge in [-0.05, 0) is 59.5 Å². The lowest BCUT2D eigenvalue weighted by atomic mass is 9.96. The second-order valence-electron chi connectivity index (χ2n) is 5.12. The zero-order valence-electron chi connectivity index (χ0n) is 10.6. The number of rotatable bonds is 3. The number of nitrogens with one attached hydrogen (secondary N) is 1. The first kappa shape index (κ1) is 13.8. The monoisotopic (exact) mass is 357 g/mol. The molecule has 0 atom stereocenters. The third-order valence-corrected chi connectivity index (χ3v) is 4.23. The molecule has 0 spiro atoms. The van der Waals surface area contributed by atoms with E-state index in [1.54, 1.807) is 0 Å². The molecule has 0 aliphatic heterocycles. The summed E-state index contributed by atoms with van der Waals surface area (Å²) in [5.74, 6) is 0.763. The van der Waals surface area contributed by atoms with E-state index in [9.17, 15) is 4.79 Å². The lowest BCUT2D eigenvalue weighted by Crippen LogP contribution is -2.16. The fourth-order valence-corrected chi connectivity index (χ4v) is 3.15. The first-order valence-electron chi connectivity index (χ1n) is 6.79. The predicted molar refractivity (Wildman–Crippen MR) is 83.6 cm³/mol. The van der Waals surface area contributed by atoms with Crippen molar-refractivity contribution < 1.29 is 4.79 Å². The largest absolute Gasteiger partial charge is 0.326 e. The van der Waals surface area contributed by atoms with Crippen LogP contribution in [0.4, 0.5) is 5.69 Å². The van der Waals surface area contributed by atoms with Gasteiger partial charge < -0.3 is 5.32 Å². The SMILES string of the molecule is O=C(CC1CCCCCC1)Nc1cccc(I)c1. The van der Waals surface area contributed by atoms with Crippen LogP contribution in [-0.4, -0.2) is 5.91 Å². The predicted octanol–water partition coefficient (Wildman–Crippen LogP) is 4.59. The van der Waals surface area contributed by atoms with Crippen LogP contribution in [0.25, 0.3) is 0 Å². The summed E-state index contributed by atoms with van der Waals surface area (Å²) in [5.41, 5.74) is 0.917. The van der Waals surface area contributed by atoms with E-state index < -0.39 is 0 Å². The van der Waals surface area contributed by atoms with E-state index in [2.05, 4.69) is 27.9 Å². The first-order chi connectivity index (χ1) is 8.74. The van der Waals surface area contributed by atoms with Gasteiger partial charge in [-0.15, -0.1) is 0 Å². The minimum Gasteiger partial charge on any atom is -0.326 e. The van der Waals surface area contributed by atoms with Crippen LogP contribution in [0.5, 0.6) is 0 Å². The molecule has 1 N–H and O–H groups in total. The molecule has 1 aliphatic carbocycles. The summed E-state index contributed by atoms with van der Waals surface area (Å²) in [7, 11) is 0. The maximum Gasteiger partial charge on any atom is 0.224 e. The number of carbonyl (C=O) groups excluding carboxylic acids is 1. The molecule has 1 amide bonds. The highest BCUT2D eigenvalue weighted by Gasteiger charge is 2.16. The van der Waals surface area contributed by atoms with E-state index in [1.807, 2.05) is 24.3 Å². The Morgan fingerprint density at radius 2 is 1.94 bits per heavy atom. The van der Waals surface area contributed by atoms with Gasteiger partial charge >= 0.3 is 0 Å². The molecule has 0 aromatic heterocycles. The number of hydrogen-bond donors (Lipinski definition) is 1. The van der Waals surface area contributed by atoms with E-state index in [0.29, 0.717) is 12.3 Å². The number of amides is 1. The Balaban J connectivity index is 1.84. The molecular formula is C15H20INO. The Kier molecular flexibility index (Phi) is 5.47. The molecule has 1 aromatic carbocycles. The van der Waals surface area contributed by atoms with Gasteiger partial charge in [0, 0.05) is 15.7 Å². The van der Waals surface area contributed by atoms with Crippen LogP contribution >= 0.6 is 22.6 Å². The van der Waals surface area contributed by atoms with Crippen LogP contribution in [0.3, 0.4) is 0 Å². The summed E-state index contributed by atoms with van der Waals surface area (Å²) in [6, 6.07) is 7.96. The van der Waals surface area contributed by atoms with Crippen molar-refractivity contribution in [1.29, 1.82) is 0 Å². The standard InChI is InChI=1S/C15H20INO/c16-13-8-5-9-14(11-13)17-15(18)10-12-6-3-1-2-4-7-12/h5,8-9,11-12H,1-4,6-7,10H2,(H,17,18). The van der Waals surface area contributed by atoms with Gasteiger partial charge in [-0.25, -0.2) is 0 Å². The number of anilines is 1. The van der Waals surface area contributed by atoms with Gasteiger partial charge in [0.2, 0.25) is 5.91 Å². The van der Waals surface area contributed by atoms with Crippen molar-refractivity contribution in [3.8, 4) is 0 Å². The van der Waals surface area contributed by atoms with Gasteiger partial charge in [-0.1, -0.05) is 31.7 Å². The molecule has 2 rings (SSSR count). The molecule has 0 radical (unpaired) electrons. The summed E-state index contributed by atoms with van der Waals surface area (Å²) in [6.45, 7) is 0. The van der Waals surface area contributed by atoms with Crippen molar-refractivity contribution in [3.63, 3.8) is 0 Å². The van der Waals surface area contributed by atoms with E-state index in [4.69, 9.17) is 0 Å². The van der Waals surface area contributed by atoms with Gasteiger partial charge in [-0.3, -0.25) is 4.79 Å². The van der Waals surface area contributed by atoms with E-state index in [-0.39, 0.29) is 5.91 Å². The fourth-order valence-electron chi connectivity index (χ4n) is 2.61. The molecule has 1 aliphatic rings. The molecule has 3 heteroatoms. The fraction of sp³-hybridized carbons (Fsp3) is 0.533. The molecule has 0 heterocycles. The van der Waals surface area contributed by atoms with Crippen molar-refractivity contribution in [2.45, 2.75) is 44.9 Å². The summed E-state index contributed by atoms with van der Waals surface area (Å²) in [5, 5.41) is 3.01. The summed E-state index contributed by atoms with van der Waals surface area (Å²) >= 11 is 2.26. The number of benzene rings is 1. The molecule has 18 heavy (non-hydrogen) atoms. The second-order valence-corrected chi connectivity index (χ2v) is 6.37. The molecule has 0 bridgehead atoms. The lowest BCUT2D eigenvalue weighted by Gasteiger charge is -2.13. The highest BCUT2D eigenvalue weighted by molar-refractivity contribution is 14.1. The Bertz CT molecular complexity index is 397. The Labute approximate surface area is 123 Å². The molecule has 0 saturated heterocycles. The third kappa shape index (κ3) is 4.59. The smallest absolute Gasteiger partial charge is 0.224 e. The number of halogens is 1. The van der Waals surface area contributed by atoms with Crippen LogP contribution in [0.2, 0.25) is 0 Å². The van der Waals surface area contributed by atoms with Gasteiger partial charge in [0.25, 0.3) is 0 Å². The van der Waals surface area contributed by atoms with Gasteiger partial charge in [0.05, 0.1) is 0 Å². The van der Waals surface area contributed by atoms with Crippen molar-refractivity contribution in [3.05, 3.63) is 27.8 Å². The van der Waals surface area contributed by atoms with Crippen molar-refractivity contribution in [1.82, 2.24) is 0 Å². The molecule has 0 unspecified atom stereocenters. The first-order valence-corrected chi connectivity index (χ1v) is 7.87. The normalized spacial score (nSPS) is 17.2. The summed E-state index contributed by atoms with van der Waals surface area (Å²) in [6.07, 6.45) is 8.40. The Morgan fingerprint density at radius 3 is 2.61 bits per heavy atom. The average Bonchev–Trinajstić information content (AvgIpc) is 2.57. The highest BCUT2D eigenvalue weighted by atomic mass is 127. The van der Waals surface area contributed by atoms with Crippen LogP contribution in [-0.2, 0) is 4.79 Å². The molecule has 98 valence electrons. The molecule has 1 aromatic rings. The Morgan fingerprint density at radius 1 is 1.22 bits per heavy atom. The number of hydrogen-bond acceptors (Lipinski definition) is 1. The second kappa shape index (κ2) is 7.12. The maximum atomic E-state index is 12.0. The quantitative estimate of drug-likeness (QED) is 0.622. The third-order valence-electron chi connectivity index (χ3n) is 3.56. The molecule has 2 nitrogen and oxygen atoms in total. The minimum atomic E-state index is 0.170. The average molecular weight is 357 g/mol. The Hall–Kier alpha value is -0.580. The van der Waals surface area contributed by atoms with Gasteiger partial charge in [0.1, 0.15) is 0 Å². The minimum absolute atomic E-state index is 0.170. The molecule has 1 fully saturated rings. The van der Waals surface area contributed by atoms with Crippen LogP contribution in [0.15, 0.2) is 24.3 Å². The van der Waals surface area contributed by atoms with Gasteiger partial charge in [-0.2, -0.15) is 0 Å². The van der Waals surface area contributed by atoms with Crippen LogP contribution in [0.1, 0.15) is 44.9 Å². The molecule has 1 saturated carbocycles. The van der Waals surface area contributed by atoms with E-state index in [1.165, 1.54) is 38.5 Å². The maximum absolute atomic E-state index is 12.0. The van der Waals surface area contributed by atoms with Gasteiger partial charge in [0.15, 0.2) is 0 Å².